The summed E-state index contributed by atoms with van der Waals surface area (Å²) < 4.78 is 26.7. The summed E-state index contributed by atoms with van der Waals surface area (Å²) in [5, 5.41) is 9.03. The fourth-order valence-corrected chi connectivity index (χ4v) is 4.10. The zero-order valence-electron chi connectivity index (χ0n) is 9.86. The Morgan fingerprint density at radius 3 is 2.38 bits per heavy atom. The van der Waals surface area contributed by atoms with Crippen molar-refractivity contribution in [3.05, 3.63) is 16.5 Å². The van der Waals surface area contributed by atoms with Crippen LogP contribution in [0.25, 0.3) is 0 Å². The molecule has 1 rings (SSSR count). The van der Waals surface area contributed by atoms with Crippen LogP contribution < -0.4 is 4.72 Å². The second-order valence-corrected chi connectivity index (χ2v) is 7.73. The Kier molecular flexibility index (Phi) is 3.79. The third-order valence-corrected chi connectivity index (χ3v) is 5.30. The molecule has 0 aromatic carbocycles. The zero-order valence-corrected chi connectivity index (χ0v) is 11.5. The van der Waals surface area contributed by atoms with Crippen LogP contribution in [0.5, 0.6) is 0 Å². The zero-order chi connectivity index (χ0) is 12.6. The van der Waals surface area contributed by atoms with Crippen molar-refractivity contribution >= 4 is 21.4 Å². The maximum atomic E-state index is 11.9. The van der Waals surface area contributed by atoms with Crippen molar-refractivity contribution in [3.8, 4) is 0 Å². The number of aryl methyl sites for hydroxylation is 1. The highest BCUT2D eigenvalue weighted by Crippen LogP contribution is 2.26. The highest BCUT2D eigenvalue weighted by molar-refractivity contribution is 7.91. The molecule has 4 nitrogen and oxygen atoms in total. The first-order valence-electron chi connectivity index (χ1n) is 4.90. The molecule has 0 bridgehead atoms. The molecule has 0 amide bonds. The van der Waals surface area contributed by atoms with E-state index in [1.807, 2.05) is 0 Å². The van der Waals surface area contributed by atoms with Gasteiger partial charge >= 0.3 is 0 Å². The van der Waals surface area contributed by atoms with Gasteiger partial charge in [0.05, 0.1) is 6.61 Å². The quantitative estimate of drug-likeness (QED) is 0.871. The van der Waals surface area contributed by atoms with E-state index in [1.54, 1.807) is 33.8 Å². The minimum Gasteiger partial charge on any atom is -0.391 e. The van der Waals surface area contributed by atoms with E-state index in [9.17, 15) is 8.42 Å². The van der Waals surface area contributed by atoms with Gasteiger partial charge in [0.15, 0.2) is 0 Å². The second-order valence-electron chi connectivity index (χ2n) is 4.69. The van der Waals surface area contributed by atoms with E-state index < -0.39 is 15.6 Å². The third-order valence-electron chi connectivity index (χ3n) is 1.85. The maximum Gasteiger partial charge on any atom is 0.250 e. The lowest BCUT2D eigenvalue weighted by Crippen LogP contribution is -2.40. The Morgan fingerprint density at radius 1 is 1.44 bits per heavy atom. The molecule has 0 saturated carbocycles. The summed E-state index contributed by atoms with van der Waals surface area (Å²) in [6.45, 7) is 7.04. The summed E-state index contributed by atoms with van der Waals surface area (Å²) in [6.07, 6.45) is 0. The summed E-state index contributed by atoms with van der Waals surface area (Å²) in [5.74, 6) is 0. The van der Waals surface area contributed by atoms with Gasteiger partial charge in [0.1, 0.15) is 4.21 Å². The van der Waals surface area contributed by atoms with Crippen molar-refractivity contribution < 1.29 is 13.5 Å². The molecule has 0 radical (unpaired) electrons. The first-order chi connectivity index (χ1) is 7.15. The minimum absolute atomic E-state index is 0.123. The molecule has 0 unspecified atom stereocenters. The molecular weight excluding hydrogens is 246 g/mol. The Morgan fingerprint density at radius 2 is 2.00 bits per heavy atom. The summed E-state index contributed by atoms with van der Waals surface area (Å²) in [4.78, 5) is 0.689. The monoisotopic (exact) mass is 263 g/mol. The fraction of sp³-hybridized carbons (Fsp3) is 0.600. The topological polar surface area (TPSA) is 66.4 Å². The number of thiophene rings is 1. The summed E-state index contributed by atoms with van der Waals surface area (Å²) in [7, 11) is -3.47. The number of sulfonamides is 1. The van der Waals surface area contributed by atoms with E-state index in [0.717, 1.165) is 16.9 Å². The van der Waals surface area contributed by atoms with Crippen LogP contribution in [0, 0.1) is 6.92 Å². The first-order valence-corrected chi connectivity index (χ1v) is 7.20. The van der Waals surface area contributed by atoms with Crippen LogP contribution in [-0.4, -0.2) is 19.1 Å². The third kappa shape index (κ3) is 3.28. The average molecular weight is 263 g/mol. The van der Waals surface area contributed by atoms with Gasteiger partial charge in [0, 0.05) is 10.4 Å². The molecule has 6 heteroatoms. The Hall–Kier alpha value is -0.430. The number of hydrogen-bond acceptors (Lipinski definition) is 4. The molecule has 1 aromatic rings. The molecule has 1 aromatic heterocycles. The van der Waals surface area contributed by atoms with Gasteiger partial charge in [-0.1, -0.05) is 0 Å². The van der Waals surface area contributed by atoms with Crippen LogP contribution in [0.15, 0.2) is 10.3 Å². The summed E-state index contributed by atoms with van der Waals surface area (Å²) >= 11 is 1.11. The number of nitrogens with one attached hydrogen (secondary N) is 1. The molecule has 0 fully saturated rings. The Balaban J connectivity index is 3.08. The lowest BCUT2D eigenvalue weighted by atomic mass is 10.1. The molecule has 0 atom stereocenters. The molecule has 0 saturated heterocycles. The lowest BCUT2D eigenvalue weighted by molar-refractivity contribution is 0.285. The second kappa shape index (κ2) is 4.44. The summed E-state index contributed by atoms with van der Waals surface area (Å²) in [5.41, 5.74) is 0.303. The molecular formula is C10H17NO3S2. The molecule has 16 heavy (non-hydrogen) atoms. The number of aliphatic hydroxyl groups excluding tert-OH is 1. The van der Waals surface area contributed by atoms with Crippen molar-refractivity contribution in [2.24, 2.45) is 0 Å². The number of hydrogen-bond donors (Lipinski definition) is 2. The lowest BCUT2D eigenvalue weighted by Gasteiger charge is -2.19. The normalized spacial score (nSPS) is 13.1. The van der Waals surface area contributed by atoms with Gasteiger partial charge < -0.3 is 5.11 Å². The van der Waals surface area contributed by atoms with Crippen molar-refractivity contribution in [1.82, 2.24) is 4.72 Å². The predicted octanol–water partition coefficient (Wildman–Crippen LogP) is 1.63. The van der Waals surface area contributed by atoms with Crippen molar-refractivity contribution in [1.29, 1.82) is 0 Å². The van der Waals surface area contributed by atoms with Gasteiger partial charge in [-0.2, -0.15) is 0 Å². The van der Waals surface area contributed by atoms with Crippen LogP contribution in [0.1, 0.15) is 31.2 Å². The Bertz CT molecular complexity index is 469. The fourth-order valence-electron chi connectivity index (χ4n) is 1.23. The van der Waals surface area contributed by atoms with Crippen molar-refractivity contribution in [2.45, 2.75) is 44.0 Å². The highest BCUT2D eigenvalue weighted by atomic mass is 32.2. The smallest absolute Gasteiger partial charge is 0.250 e. The average Bonchev–Trinajstić information content (AvgIpc) is 2.43. The molecule has 92 valence electrons. The SMILES string of the molecule is Cc1cc(S(=O)(=O)NC(C)(C)C)sc1CO. The van der Waals surface area contributed by atoms with Crippen LogP contribution in [-0.2, 0) is 16.6 Å². The predicted molar refractivity (Wildman–Crippen MR) is 65.1 cm³/mol. The molecule has 1 heterocycles. The molecule has 2 N–H and O–H groups in total. The first kappa shape index (κ1) is 13.6. The summed E-state index contributed by atoms with van der Waals surface area (Å²) in [6, 6.07) is 1.59. The molecule has 0 spiro atoms. The van der Waals surface area contributed by atoms with Gasteiger partial charge in [0.25, 0.3) is 10.0 Å². The molecule has 0 aliphatic heterocycles. The molecule has 0 aliphatic carbocycles. The van der Waals surface area contributed by atoms with E-state index in [1.165, 1.54) is 0 Å². The van der Waals surface area contributed by atoms with Crippen molar-refractivity contribution in [3.63, 3.8) is 0 Å². The number of aliphatic hydroxyl groups is 1. The van der Waals surface area contributed by atoms with Crippen LogP contribution in [0.2, 0.25) is 0 Å². The largest absolute Gasteiger partial charge is 0.391 e. The van der Waals surface area contributed by atoms with Gasteiger partial charge in [-0.25, -0.2) is 13.1 Å². The number of rotatable bonds is 3. The van der Waals surface area contributed by atoms with Crippen LogP contribution in [0.4, 0.5) is 0 Å². The van der Waals surface area contributed by atoms with Gasteiger partial charge in [0.2, 0.25) is 0 Å². The van der Waals surface area contributed by atoms with Crippen LogP contribution >= 0.6 is 11.3 Å². The van der Waals surface area contributed by atoms with Gasteiger partial charge in [-0.15, -0.1) is 11.3 Å². The maximum absolute atomic E-state index is 11.9. The van der Waals surface area contributed by atoms with Gasteiger partial charge in [-0.05, 0) is 39.3 Å². The minimum atomic E-state index is -3.47. The van der Waals surface area contributed by atoms with E-state index in [2.05, 4.69) is 4.72 Å². The van der Waals surface area contributed by atoms with E-state index in [4.69, 9.17) is 5.11 Å². The Labute approximate surface area is 100 Å². The van der Waals surface area contributed by atoms with E-state index in [0.29, 0.717) is 4.88 Å². The molecule has 0 aliphatic rings. The van der Waals surface area contributed by atoms with Crippen LogP contribution in [0.3, 0.4) is 0 Å². The standard InChI is InChI=1S/C10H17NO3S2/c1-7-5-9(15-8(7)6-12)16(13,14)11-10(2,3)4/h5,11-12H,6H2,1-4H3. The van der Waals surface area contributed by atoms with E-state index >= 15 is 0 Å². The van der Waals surface area contributed by atoms with E-state index in [-0.39, 0.29) is 10.8 Å². The highest BCUT2D eigenvalue weighted by Gasteiger charge is 2.24. The van der Waals surface area contributed by atoms with Gasteiger partial charge in [-0.3, -0.25) is 0 Å². The van der Waals surface area contributed by atoms with Crippen molar-refractivity contribution in [2.75, 3.05) is 0 Å².